The molecule has 0 fully saturated rings. The second kappa shape index (κ2) is 8.01. The minimum Gasteiger partial charge on any atom is -0.489 e. The van der Waals surface area contributed by atoms with Crippen LogP contribution < -0.4 is 4.74 Å². The summed E-state index contributed by atoms with van der Waals surface area (Å²) in [4.78, 5) is 0. The molecule has 0 aromatic heterocycles. The fourth-order valence-corrected chi connectivity index (χ4v) is 3.33. The molecule has 1 nitrogen and oxygen atoms in total. The Morgan fingerprint density at radius 3 is 2.43 bits per heavy atom. The van der Waals surface area contributed by atoms with Gasteiger partial charge in [0, 0.05) is 0 Å². The van der Waals surface area contributed by atoms with Crippen molar-refractivity contribution in [3.05, 3.63) is 71.8 Å². The fraction of sp³-hybridized carbons (Fsp3) is 0.364. The minimum absolute atomic E-state index is 0.627. The third kappa shape index (κ3) is 4.48. The van der Waals surface area contributed by atoms with Gasteiger partial charge in [-0.25, -0.2) is 0 Å². The van der Waals surface area contributed by atoms with Gasteiger partial charge in [-0.3, -0.25) is 0 Å². The number of benzene rings is 2. The molecule has 0 saturated heterocycles. The molecule has 0 saturated carbocycles. The lowest BCUT2D eigenvalue weighted by atomic mass is 9.84. The van der Waals surface area contributed by atoms with Crippen LogP contribution in [0.4, 0.5) is 0 Å². The lowest BCUT2D eigenvalue weighted by Gasteiger charge is -2.21. The van der Waals surface area contributed by atoms with Gasteiger partial charge in [-0.15, -0.1) is 0 Å². The molecule has 0 heterocycles. The quantitative estimate of drug-likeness (QED) is 0.613. The van der Waals surface area contributed by atoms with Crippen LogP contribution in [-0.4, -0.2) is 0 Å². The first-order valence-corrected chi connectivity index (χ1v) is 8.81. The summed E-state index contributed by atoms with van der Waals surface area (Å²) in [6.07, 6.45) is 8.93. The van der Waals surface area contributed by atoms with Gasteiger partial charge in [0.15, 0.2) is 0 Å². The summed E-state index contributed by atoms with van der Waals surface area (Å²) >= 11 is 0. The summed E-state index contributed by atoms with van der Waals surface area (Å²) in [7, 11) is 0. The van der Waals surface area contributed by atoms with E-state index < -0.39 is 0 Å². The van der Waals surface area contributed by atoms with E-state index in [0.29, 0.717) is 6.61 Å². The largest absolute Gasteiger partial charge is 0.489 e. The van der Waals surface area contributed by atoms with Crippen LogP contribution in [-0.2, 0) is 6.61 Å². The first-order valence-electron chi connectivity index (χ1n) is 8.81. The van der Waals surface area contributed by atoms with Crippen LogP contribution in [0.3, 0.4) is 0 Å². The second-order valence-corrected chi connectivity index (χ2v) is 6.46. The maximum absolute atomic E-state index is 5.86. The third-order valence-corrected chi connectivity index (χ3v) is 4.69. The standard InChI is InChI=1S/C22H26O/c1-2-6-18-9-11-20(12-10-18)21-13-15-22(16-14-21)23-17-19-7-4-3-5-8-19/h3-5,7-8,11,13-16,18H,2,6,9-10,12,17H2,1H3. The van der Waals surface area contributed by atoms with Crippen LogP contribution in [0.1, 0.15) is 50.2 Å². The van der Waals surface area contributed by atoms with Gasteiger partial charge in [-0.05, 0) is 54.0 Å². The van der Waals surface area contributed by atoms with Gasteiger partial charge in [0.1, 0.15) is 12.4 Å². The SMILES string of the molecule is CCCC1CC=C(c2ccc(OCc3ccccc3)cc2)CC1. The van der Waals surface area contributed by atoms with E-state index in [4.69, 9.17) is 4.74 Å². The van der Waals surface area contributed by atoms with E-state index in [0.717, 1.165) is 11.7 Å². The molecule has 2 aromatic carbocycles. The van der Waals surface area contributed by atoms with Crippen molar-refractivity contribution in [2.75, 3.05) is 0 Å². The normalized spacial score (nSPS) is 17.6. The highest BCUT2D eigenvalue weighted by Crippen LogP contribution is 2.32. The molecule has 1 unspecified atom stereocenters. The minimum atomic E-state index is 0.627. The molecule has 0 N–H and O–H groups in total. The monoisotopic (exact) mass is 306 g/mol. The highest BCUT2D eigenvalue weighted by Gasteiger charge is 2.14. The zero-order valence-corrected chi connectivity index (χ0v) is 14.0. The van der Waals surface area contributed by atoms with Crippen LogP contribution in [0.5, 0.6) is 5.75 Å². The molecule has 1 atom stereocenters. The van der Waals surface area contributed by atoms with Crippen LogP contribution in [0.2, 0.25) is 0 Å². The fourth-order valence-electron chi connectivity index (χ4n) is 3.33. The first kappa shape index (κ1) is 15.9. The van der Waals surface area contributed by atoms with Crippen molar-refractivity contribution in [3.63, 3.8) is 0 Å². The van der Waals surface area contributed by atoms with Crippen LogP contribution in [0.25, 0.3) is 5.57 Å². The van der Waals surface area contributed by atoms with Gasteiger partial charge in [0.25, 0.3) is 0 Å². The zero-order valence-electron chi connectivity index (χ0n) is 14.0. The summed E-state index contributed by atoms with van der Waals surface area (Å²) in [6, 6.07) is 18.9. The Morgan fingerprint density at radius 2 is 1.78 bits per heavy atom. The molecule has 0 radical (unpaired) electrons. The zero-order chi connectivity index (χ0) is 15.9. The molecule has 0 bridgehead atoms. The number of hydrogen-bond donors (Lipinski definition) is 0. The van der Waals surface area contributed by atoms with E-state index in [1.54, 1.807) is 0 Å². The average molecular weight is 306 g/mol. The molecule has 1 aliphatic rings. The summed E-state index contributed by atoms with van der Waals surface area (Å²) in [5.41, 5.74) is 4.06. The van der Waals surface area contributed by atoms with Crippen molar-refractivity contribution in [3.8, 4) is 5.75 Å². The van der Waals surface area contributed by atoms with Gasteiger partial charge < -0.3 is 4.74 Å². The Kier molecular flexibility index (Phi) is 5.52. The molecule has 120 valence electrons. The van der Waals surface area contributed by atoms with Crippen molar-refractivity contribution >= 4 is 5.57 Å². The van der Waals surface area contributed by atoms with Crippen LogP contribution >= 0.6 is 0 Å². The van der Waals surface area contributed by atoms with Crippen molar-refractivity contribution in [2.24, 2.45) is 5.92 Å². The Hall–Kier alpha value is -2.02. The molecule has 2 aromatic rings. The van der Waals surface area contributed by atoms with Crippen LogP contribution in [0.15, 0.2) is 60.7 Å². The predicted molar refractivity (Wildman–Crippen MR) is 97.4 cm³/mol. The first-order chi connectivity index (χ1) is 11.3. The molecular formula is C22H26O. The molecule has 0 aliphatic heterocycles. The summed E-state index contributed by atoms with van der Waals surface area (Å²) in [6.45, 7) is 2.91. The van der Waals surface area contributed by atoms with E-state index in [-0.39, 0.29) is 0 Å². The second-order valence-electron chi connectivity index (χ2n) is 6.46. The highest BCUT2D eigenvalue weighted by atomic mass is 16.5. The Labute approximate surface area is 140 Å². The molecular weight excluding hydrogens is 280 g/mol. The topological polar surface area (TPSA) is 9.23 Å². The number of rotatable bonds is 6. The Balaban J connectivity index is 1.57. The van der Waals surface area contributed by atoms with E-state index in [2.05, 4.69) is 49.4 Å². The van der Waals surface area contributed by atoms with Gasteiger partial charge in [-0.1, -0.05) is 68.3 Å². The van der Waals surface area contributed by atoms with E-state index in [1.165, 1.54) is 48.8 Å². The third-order valence-electron chi connectivity index (χ3n) is 4.69. The number of allylic oxidation sites excluding steroid dienone is 2. The van der Waals surface area contributed by atoms with Crippen molar-refractivity contribution in [1.82, 2.24) is 0 Å². The summed E-state index contributed by atoms with van der Waals surface area (Å²) in [5.74, 6) is 1.84. The van der Waals surface area contributed by atoms with Gasteiger partial charge in [-0.2, -0.15) is 0 Å². The maximum atomic E-state index is 5.86. The molecule has 23 heavy (non-hydrogen) atoms. The molecule has 3 rings (SSSR count). The van der Waals surface area contributed by atoms with Crippen molar-refractivity contribution in [1.29, 1.82) is 0 Å². The van der Waals surface area contributed by atoms with Gasteiger partial charge in [0.2, 0.25) is 0 Å². The average Bonchev–Trinajstić information content (AvgIpc) is 2.62. The predicted octanol–water partition coefficient (Wildman–Crippen LogP) is 6.25. The van der Waals surface area contributed by atoms with E-state index in [9.17, 15) is 0 Å². The van der Waals surface area contributed by atoms with Crippen molar-refractivity contribution in [2.45, 2.75) is 45.6 Å². The molecule has 0 spiro atoms. The lowest BCUT2D eigenvalue weighted by Crippen LogP contribution is -2.05. The molecule has 1 heteroatoms. The lowest BCUT2D eigenvalue weighted by molar-refractivity contribution is 0.306. The van der Waals surface area contributed by atoms with Gasteiger partial charge in [0.05, 0.1) is 0 Å². The number of hydrogen-bond acceptors (Lipinski definition) is 1. The smallest absolute Gasteiger partial charge is 0.119 e. The van der Waals surface area contributed by atoms with Crippen molar-refractivity contribution < 1.29 is 4.74 Å². The summed E-state index contributed by atoms with van der Waals surface area (Å²) < 4.78 is 5.86. The summed E-state index contributed by atoms with van der Waals surface area (Å²) in [5, 5.41) is 0. The molecule has 1 aliphatic carbocycles. The Morgan fingerprint density at radius 1 is 1.00 bits per heavy atom. The maximum Gasteiger partial charge on any atom is 0.119 e. The highest BCUT2D eigenvalue weighted by molar-refractivity contribution is 5.66. The number of ether oxygens (including phenoxy) is 1. The Bertz CT molecular complexity index is 625. The van der Waals surface area contributed by atoms with E-state index in [1.807, 2.05) is 18.2 Å². The van der Waals surface area contributed by atoms with E-state index >= 15 is 0 Å². The van der Waals surface area contributed by atoms with Crippen LogP contribution in [0, 0.1) is 5.92 Å². The van der Waals surface area contributed by atoms with Gasteiger partial charge >= 0.3 is 0 Å². The molecule has 0 amide bonds.